The number of hydrogen-bond acceptors (Lipinski definition) is 6. The minimum absolute atomic E-state index is 0.101. The van der Waals surface area contributed by atoms with Crippen molar-refractivity contribution >= 4 is 11.8 Å². The molecule has 2 bridgehead atoms. The summed E-state index contributed by atoms with van der Waals surface area (Å²) in [5.41, 5.74) is 1.95. The molecule has 2 aromatic carbocycles. The highest BCUT2D eigenvalue weighted by molar-refractivity contribution is 6.10. The van der Waals surface area contributed by atoms with E-state index in [1.54, 1.807) is 7.11 Å². The first-order valence-corrected chi connectivity index (χ1v) is 9.18. The number of carbonyl (C=O) groups is 2. The number of methoxy groups -OCH3 is 2. The van der Waals surface area contributed by atoms with Gasteiger partial charge in [-0.05, 0) is 22.3 Å². The maximum atomic E-state index is 13.6. The van der Waals surface area contributed by atoms with Gasteiger partial charge >= 0.3 is 5.97 Å². The summed E-state index contributed by atoms with van der Waals surface area (Å²) in [6.07, 6.45) is 0. The molecule has 0 aliphatic heterocycles. The Morgan fingerprint density at radius 2 is 1.57 bits per heavy atom. The fraction of sp³-hybridized carbons (Fsp3) is 0.364. The molecule has 0 spiro atoms. The molecule has 1 atom stereocenters. The summed E-state index contributed by atoms with van der Waals surface area (Å²) in [6, 6.07) is 15.2. The fourth-order valence-electron chi connectivity index (χ4n) is 4.41. The van der Waals surface area contributed by atoms with Crippen LogP contribution in [0.3, 0.4) is 0 Å². The van der Waals surface area contributed by atoms with Crippen molar-refractivity contribution in [2.75, 3.05) is 34.2 Å². The largest absolute Gasteiger partial charge is 0.468 e. The monoisotopic (exact) mass is 382 g/mol. The van der Waals surface area contributed by atoms with Gasteiger partial charge in [-0.25, -0.2) is 0 Å². The number of hydrogen-bond donors (Lipinski definition) is 0. The summed E-state index contributed by atoms with van der Waals surface area (Å²) in [5, 5.41) is 0. The maximum Gasteiger partial charge on any atom is 0.317 e. The molecule has 28 heavy (non-hydrogen) atoms. The minimum Gasteiger partial charge on any atom is -0.468 e. The number of ether oxygens (including phenoxy) is 4. The van der Waals surface area contributed by atoms with Crippen molar-refractivity contribution in [3.63, 3.8) is 0 Å². The average molecular weight is 382 g/mol. The first kappa shape index (κ1) is 18.8. The van der Waals surface area contributed by atoms with Crippen LogP contribution in [0.5, 0.6) is 0 Å². The van der Waals surface area contributed by atoms with Gasteiger partial charge in [0.2, 0.25) is 0 Å². The Bertz CT molecular complexity index is 858. The Morgan fingerprint density at radius 1 is 0.964 bits per heavy atom. The van der Waals surface area contributed by atoms with E-state index >= 15 is 0 Å². The first-order valence-electron chi connectivity index (χ1n) is 9.18. The Hall–Kier alpha value is -2.54. The normalized spacial score (nSPS) is 24.6. The molecule has 1 unspecified atom stereocenters. The Balaban J connectivity index is 1.86. The molecule has 3 aliphatic rings. The lowest BCUT2D eigenvalue weighted by Crippen LogP contribution is -2.56. The third-order valence-electron chi connectivity index (χ3n) is 5.56. The number of ketones is 1. The van der Waals surface area contributed by atoms with Crippen molar-refractivity contribution in [1.29, 1.82) is 0 Å². The average Bonchev–Trinajstić information content (AvgIpc) is 2.74. The molecule has 6 nitrogen and oxygen atoms in total. The van der Waals surface area contributed by atoms with E-state index in [1.807, 2.05) is 48.5 Å². The van der Waals surface area contributed by atoms with E-state index in [0.717, 1.165) is 22.3 Å². The van der Waals surface area contributed by atoms with E-state index in [-0.39, 0.29) is 18.5 Å². The highest BCUT2D eigenvalue weighted by Gasteiger charge is 2.62. The predicted molar refractivity (Wildman–Crippen MR) is 99.8 cm³/mol. The lowest BCUT2D eigenvalue weighted by molar-refractivity contribution is -0.176. The third-order valence-corrected chi connectivity index (χ3v) is 5.56. The van der Waals surface area contributed by atoms with Crippen LogP contribution in [0, 0.1) is 5.92 Å². The molecular weight excluding hydrogens is 360 g/mol. The molecule has 2 aromatic rings. The number of carbonyl (C=O) groups excluding carboxylic acids is 2. The van der Waals surface area contributed by atoms with Crippen LogP contribution in [0.1, 0.15) is 28.2 Å². The zero-order valence-electron chi connectivity index (χ0n) is 15.8. The van der Waals surface area contributed by atoms with Crippen molar-refractivity contribution in [2.45, 2.75) is 11.5 Å². The standard InChI is InChI=1S/C22H22O6/c1-25-11-12-27-13-28-22-16-9-5-3-7-14(16)18(15-8-4-6-10-17(15)22)19(20(22)23)21(24)26-2/h3-10,18-19H,11-13H2,1-2H3. The zero-order chi connectivity index (χ0) is 19.7. The van der Waals surface area contributed by atoms with Gasteiger partial charge < -0.3 is 18.9 Å². The van der Waals surface area contributed by atoms with Crippen LogP contribution in [-0.4, -0.2) is 46.0 Å². The fourth-order valence-corrected chi connectivity index (χ4v) is 4.41. The first-order chi connectivity index (χ1) is 13.7. The van der Waals surface area contributed by atoms with Crippen molar-refractivity contribution < 1.29 is 28.5 Å². The number of esters is 1. The molecule has 0 fully saturated rings. The van der Waals surface area contributed by atoms with E-state index in [1.165, 1.54) is 7.11 Å². The number of fused-ring (bicyclic) bond motifs is 1. The molecular formula is C22H22O6. The molecule has 0 heterocycles. The van der Waals surface area contributed by atoms with Crippen LogP contribution in [0.15, 0.2) is 48.5 Å². The van der Waals surface area contributed by atoms with E-state index < -0.39 is 17.5 Å². The second-order valence-electron chi connectivity index (χ2n) is 6.86. The molecule has 146 valence electrons. The molecule has 0 saturated heterocycles. The number of benzene rings is 2. The smallest absolute Gasteiger partial charge is 0.317 e. The summed E-state index contributed by atoms with van der Waals surface area (Å²) in [5.74, 6) is -2.19. The summed E-state index contributed by atoms with van der Waals surface area (Å²) in [7, 11) is 2.89. The summed E-state index contributed by atoms with van der Waals surface area (Å²) in [6.45, 7) is 0.661. The summed E-state index contributed by atoms with van der Waals surface area (Å²) in [4.78, 5) is 26.2. The molecule has 0 radical (unpaired) electrons. The minimum atomic E-state index is -1.39. The second-order valence-corrected chi connectivity index (χ2v) is 6.86. The molecule has 0 saturated carbocycles. The van der Waals surface area contributed by atoms with Crippen LogP contribution in [0.2, 0.25) is 0 Å². The van der Waals surface area contributed by atoms with Crippen molar-refractivity contribution in [3.05, 3.63) is 70.8 Å². The van der Waals surface area contributed by atoms with Gasteiger partial charge in [-0.2, -0.15) is 0 Å². The Labute approximate surface area is 163 Å². The number of rotatable bonds is 7. The van der Waals surface area contributed by atoms with E-state index in [4.69, 9.17) is 18.9 Å². The topological polar surface area (TPSA) is 71.1 Å². The van der Waals surface area contributed by atoms with Gasteiger partial charge in [0.15, 0.2) is 11.4 Å². The van der Waals surface area contributed by atoms with Gasteiger partial charge in [0, 0.05) is 13.0 Å². The highest BCUT2D eigenvalue weighted by atomic mass is 16.7. The van der Waals surface area contributed by atoms with Gasteiger partial charge in [-0.15, -0.1) is 0 Å². The van der Waals surface area contributed by atoms with Crippen LogP contribution in [0.4, 0.5) is 0 Å². The molecule has 0 aromatic heterocycles. The second kappa shape index (κ2) is 7.47. The van der Waals surface area contributed by atoms with Crippen LogP contribution in [-0.2, 0) is 34.1 Å². The molecule has 0 N–H and O–H groups in total. The van der Waals surface area contributed by atoms with Crippen molar-refractivity contribution in [1.82, 2.24) is 0 Å². The molecule has 6 heteroatoms. The lowest BCUT2D eigenvalue weighted by Gasteiger charge is -2.49. The van der Waals surface area contributed by atoms with Gasteiger partial charge in [-0.1, -0.05) is 48.5 Å². The quantitative estimate of drug-likeness (QED) is 0.317. The summed E-state index contributed by atoms with van der Waals surface area (Å²) < 4.78 is 21.6. The van der Waals surface area contributed by atoms with Gasteiger partial charge in [0.1, 0.15) is 12.7 Å². The highest BCUT2D eigenvalue weighted by Crippen LogP contribution is 2.57. The van der Waals surface area contributed by atoms with Gasteiger partial charge in [-0.3, -0.25) is 9.59 Å². The third kappa shape index (κ3) is 2.60. The van der Waals surface area contributed by atoms with Crippen LogP contribution >= 0.6 is 0 Å². The van der Waals surface area contributed by atoms with Crippen molar-refractivity contribution in [2.24, 2.45) is 5.92 Å². The predicted octanol–water partition coefficient (Wildman–Crippen LogP) is 2.38. The SMILES string of the molecule is COCCOCOC12C(=O)C(C(=O)OC)C(c3ccccc31)c1ccccc12. The van der Waals surface area contributed by atoms with Crippen LogP contribution < -0.4 is 0 Å². The van der Waals surface area contributed by atoms with Gasteiger partial charge in [0.25, 0.3) is 0 Å². The van der Waals surface area contributed by atoms with E-state index in [9.17, 15) is 9.59 Å². The zero-order valence-corrected chi connectivity index (χ0v) is 15.8. The van der Waals surface area contributed by atoms with Crippen molar-refractivity contribution in [3.8, 4) is 0 Å². The number of Topliss-reactive ketones (excluding diaryl/α,β-unsaturated/α-hetero) is 1. The molecule has 5 rings (SSSR count). The maximum absolute atomic E-state index is 13.6. The Morgan fingerprint density at radius 3 is 2.14 bits per heavy atom. The molecule has 3 aliphatic carbocycles. The van der Waals surface area contributed by atoms with E-state index in [0.29, 0.717) is 13.2 Å². The van der Waals surface area contributed by atoms with E-state index in [2.05, 4.69) is 0 Å². The lowest BCUT2D eigenvalue weighted by atomic mass is 9.56. The van der Waals surface area contributed by atoms with Crippen LogP contribution in [0.25, 0.3) is 0 Å². The molecule has 0 amide bonds. The van der Waals surface area contributed by atoms with Gasteiger partial charge in [0.05, 0.1) is 20.3 Å². The Kier molecular flexibility index (Phi) is 5.02. The summed E-state index contributed by atoms with van der Waals surface area (Å²) >= 11 is 0.